The normalized spacial score (nSPS) is 15.8. The zero-order chi connectivity index (χ0) is 19.7. The highest BCUT2D eigenvalue weighted by Crippen LogP contribution is 2.27. The standard InChI is InChI=1S/C20H16ClN5O2/c1-13-11-25(17-4-2-3-14(7-17)9-22)20(27)18-8-16(24-26(13)18)12-28-19-6-5-15(21)10-23-19/h2-8,10,13H,11-12H2,1H3/t13-/m1/s1. The molecule has 1 amide bonds. The zero-order valence-electron chi connectivity index (χ0n) is 15.0. The number of halogens is 1. The average Bonchev–Trinajstić information content (AvgIpc) is 3.16. The third-order valence-corrected chi connectivity index (χ3v) is 4.69. The number of ether oxygens (including phenoxy) is 1. The molecule has 3 aromatic rings. The number of carbonyl (C=O) groups excluding carboxylic acids is 1. The Bertz CT molecular complexity index is 1070. The minimum atomic E-state index is -0.156. The number of fused-ring (bicyclic) bond motifs is 1. The summed E-state index contributed by atoms with van der Waals surface area (Å²) in [5.41, 5.74) is 2.34. The molecular weight excluding hydrogens is 378 g/mol. The number of hydrogen-bond acceptors (Lipinski definition) is 5. The zero-order valence-corrected chi connectivity index (χ0v) is 15.8. The molecule has 0 saturated heterocycles. The fourth-order valence-corrected chi connectivity index (χ4v) is 3.25. The molecule has 0 spiro atoms. The summed E-state index contributed by atoms with van der Waals surface area (Å²) >= 11 is 5.82. The molecular formula is C20H16ClN5O2. The van der Waals surface area contributed by atoms with Crippen LogP contribution < -0.4 is 9.64 Å². The van der Waals surface area contributed by atoms with Crippen molar-refractivity contribution in [2.24, 2.45) is 0 Å². The first-order valence-electron chi connectivity index (χ1n) is 8.70. The van der Waals surface area contributed by atoms with Gasteiger partial charge in [0, 0.05) is 24.5 Å². The van der Waals surface area contributed by atoms with Crippen LogP contribution in [0.15, 0.2) is 48.7 Å². The number of aromatic nitrogens is 3. The summed E-state index contributed by atoms with van der Waals surface area (Å²) in [6, 6.07) is 14.2. The van der Waals surface area contributed by atoms with Crippen molar-refractivity contribution in [2.45, 2.75) is 19.6 Å². The highest BCUT2D eigenvalue weighted by atomic mass is 35.5. The van der Waals surface area contributed by atoms with E-state index in [0.717, 1.165) is 0 Å². The quantitative estimate of drug-likeness (QED) is 0.676. The summed E-state index contributed by atoms with van der Waals surface area (Å²) < 4.78 is 7.35. The van der Waals surface area contributed by atoms with E-state index in [1.807, 2.05) is 13.0 Å². The van der Waals surface area contributed by atoms with Crippen molar-refractivity contribution in [1.82, 2.24) is 14.8 Å². The van der Waals surface area contributed by atoms with Gasteiger partial charge in [-0.05, 0) is 37.3 Å². The number of amides is 1. The van der Waals surface area contributed by atoms with Crippen molar-refractivity contribution in [3.8, 4) is 11.9 Å². The summed E-state index contributed by atoms with van der Waals surface area (Å²) in [4.78, 5) is 18.8. The van der Waals surface area contributed by atoms with Crippen LogP contribution in [0, 0.1) is 11.3 Å². The molecule has 1 aliphatic heterocycles. The largest absolute Gasteiger partial charge is 0.471 e. The van der Waals surface area contributed by atoms with Crippen molar-refractivity contribution < 1.29 is 9.53 Å². The molecule has 0 radical (unpaired) electrons. The highest BCUT2D eigenvalue weighted by Gasteiger charge is 2.31. The van der Waals surface area contributed by atoms with Gasteiger partial charge in [0.2, 0.25) is 5.88 Å². The number of hydrogen-bond donors (Lipinski definition) is 0. The molecule has 0 fully saturated rings. The van der Waals surface area contributed by atoms with E-state index in [0.29, 0.717) is 40.1 Å². The van der Waals surface area contributed by atoms with E-state index in [2.05, 4.69) is 16.2 Å². The summed E-state index contributed by atoms with van der Waals surface area (Å²) in [7, 11) is 0. The fourth-order valence-electron chi connectivity index (χ4n) is 3.14. The maximum atomic E-state index is 13.0. The number of rotatable bonds is 4. The first-order chi connectivity index (χ1) is 13.5. The van der Waals surface area contributed by atoms with Crippen LogP contribution in [0.4, 0.5) is 5.69 Å². The molecule has 1 aromatic carbocycles. The maximum Gasteiger partial charge on any atom is 0.276 e. The van der Waals surface area contributed by atoms with Crippen LogP contribution in [-0.2, 0) is 6.61 Å². The Labute approximate surface area is 166 Å². The van der Waals surface area contributed by atoms with Crippen LogP contribution in [0.5, 0.6) is 5.88 Å². The summed E-state index contributed by atoms with van der Waals surface area (Å²) in [6.45, 7) is 2.66. The Morgan fingerprint density at radius 3 is 2.93 bits per heavy atom. The summed E-state index contributed by atoms with van der Waals surface area (Å²) in [5, 5.41) is 14.2. The van der Waals surface area contributed by atoms with Crippen LogP contribution >= 0.6 is 11.6 Å². The van der Waals surface area contributed by atoms with Crippen LogP contribution in [-0.4, -0.2) is 27.2 Å². The number of nitriles is 1. The van der Waals surface area contributed by atoms with E-state index in [-0.39, 0.29) is 18.6 Å². The van der Waals surface area contributed by atoms with E-state index < -0.39 is 0 Å². The molecule has 0 saturated carbocycles. The van der Waals surface area contributed by atoms with Crippen molar-refractivity contribution >= 4 is 23.2 Å². The molecule has 140 valence electrons. The summed E-state index contributed by atoms with van der Waals surface area (Å²) in [6.07, 6.45) is 1.51. The van der Waals surface area contributed by atoms with Crippen LogP contribution in [0.3, 0.4) is 0 Å². The van der Waals surface area contributed by atoms with Gasteiger partial charge in [0.1, 0.15) is 18.0 Å². The van der Waals surface area contributed by atoms with Gasteiger partial charge >= 0.3 is 0 Å². The van der Waals surface area contributed by atoms with Crippen LogP contribution in [0.2, 0.25) is 5.02 Å². The lowest BCUT2D eigenvalue weighted by Gasteiger charge is -2.31. The Hall–Kier alpha value is -3.37. The SMILES string of the molecule is C[C@@H]1CN(c2cccc(C#N)c2)C(=O)c2cc(COc3ccc(Cl)cn3)nn21. The molecule has 3 heterocycles. The van der Waals surface area contributed by atoms with Gasteiger partial charge in [-0.15, -0.1) is 0 Å². The Morgan fingerprint density at radius 2 is 2.18 bits per heavy atom. The molecule has 2 aromatic heterocycles. The first kappa shape index (κ1) is 18.0. The highest BCUT2D eigenvalue weighted by molar-refractivity contribution is 6.30. The topological polar surface area (TPSA) is 84.0 Å². The van der Waals surface area contributed by atoms with E-state index in [1.165, 1.54) is 6.20 Å². The average molecular weight is 394 g/mol. The Balaban J connectivity index is 1.56. The van der Waals surface area contributed by atoms with E-state index >= 15 is 0 Å². The lowest BCUT2D eigenvalue weighted by Crippen LogP contribution is -2.42. The lowest BCUT2D eigenvalue weighted by atomic mass is 10.1. The third kappa shape index (κ3) is 3.42. The van der Waals surface area contributed by atoms with E-state index in [9.17, 15) is 4.79 Å². The second-order valence-corrected chi connectivity index (χ2v) is 6.93. The van der Waals surface area contributed by atoms with Gasteiger partial charge in [0.15, 0.2) is 0 Å². The molecule has 0 aliphatic carbocycles. The molecule has 1 atom stereocenters. The lowest BCUT2D eigenvalue weighted by molar-refractivity contribution is 0.0953. The van der Waals surface area contributed by atoms with Crippen molar-refractivity contribution in [3.63, 3.8) is 0 Å². The summed E-state index contributed by atoms with van der Waals surface area (Å²) in [5.74, 6) is 0.279. The Kier molecular flexibility index (Phi) is 4.72. The van der Waals surface area contributed by atoms with Gasteiger partial charge in [0.05, 0.1) is 22.7 Å². The number of anilines is 1. The minimum Gasteiger partial charge on any atom is -0.471 e. The predicted octanol–water partition coefficient (Wildman–Crippen LogP) is 3.60. The Morgan fingerprint density at radius 1 is 1.32 bits per heavy atom. The van der Waals surface area contributed by atoms with Crippen molar-refractivity contribution in [3.05, 3.63) is 70.6 Å². The van der Waals surface area contributed by atoms with Crippen molar-refractivity contribution in [2.75, 3.05) is 11.4 Å². The molecule has 0 unspecified atom stereocenters. The van der Waals surface area contributed by atoms with Gasteiger partial charge in [0.25, 0.3) is 5.91 Å². The van der Waals surface area contributed by atoms with Crippen LogP contribution in [0.1, 0.15) is 34.7 Å². The molecule has 0 bridgehead atoms. The molecule has 28 heavy (non-hydrogen) atoms. The number of benzene rings is 1. The predicted molar refractivity (Wildman–Crippen MR) is 103 cm³/mol. The molecule has 1 aliphatic rings. The number of carbonyl (C=O) groups is 1. The first-order valence-corrected chi connectivity index (χ1v) is 9.08. The van der Waals surface area contributed by atoms with Gasteiger partial charge in [-0.1, -0.05) is 17.7 Å². The third-order valence-electron chi connectivity index (χ3n) is 4.47. The maximum absolute atomic E-state index is 13.0. The monoisotopic (exact) mass is 393 g/mol. The number of pyridine rings is 1. The van der Waals surface area contributed by atoms with Crippen LogP contribution in [0.25, 0.3) is 0 Å². The van der Waals surface area contributed by atoms with E-state index in [1.54, 1.807) is 46.0 Å². The molecule has 8 heteroatoms. The second-order valence-electron chi connectivity index (χ2n) is 6.50. The van der Waals surface area contributed by atoms with Crippen molar-refractivity contribution in [1.29, 1.82) is 5.26 Å². The van der Waals surface area contributed by atoms with Gasteiger partial charge < -0.3 is 9.64 Å². The van der Waals surface area contributed by atoms with Gasteiger partial charge in [-0.25, -0.2) is 4.98 Å². The fraction of sp³-hybridized carbons (Fsp3) is 0.200. The minimum absolute atomic E-state index is 0.0131. The second kappa shape index (κ2) is 7.33. The molecule has 7 nitrogen and oxygen atoms in total. The molecule has 4 rings (SSSR count). The smallest absolute Gasteiger partial charge is 0.276 e. The van der Waals surface area contributed by atoms with Gasteiger partial charge in [-0.2, -0.15) is 10.4 Å². The number of nitrogens with zero attached hydrogens (tertiary/aromatic N) is 5. The van der Waals surface area contributed by atoms with Gasteiger partial charge in [-0.3, -0.25) is 9.48 Å². The molecule has 0 N–H and O–H groups in total. The van der Waals surface area contributed by atoms with E-state index in [4.69, 9.17) is 21.6 Å².